The Bertz CT molecular complexity index is 4100. The van der Waals surface area contributed by atoms with E-state index in [1.54, 1.807) is 0 Å². The molecule has 0 aliphatic heterocycles. The molecule has 0 unspecified atom stereocenters. The van der Waals surface area contributed by atoms with Crippen LogP contribution in [-0.2, 0) is 0 Å². The zero-order valence-electron chi connectivity index (χ0n) is 39.5. The molecule has 0 N–H and O–H groups in total. The number of hydrogen-bond donors (Lipinski definition) is 0. The molecule has 0 spiro atoms. The first-order chi connectivity index (χ1) is 35.1. The van der Waals surface area contributed by atoms with Crippen LogP contribution < -0.4 is 0 Å². The van der Waals surface area contributed by atoms with Crippen LogP contribution in [0.1, 0.15) is 5.56 Å². The van der Waals surface area contributed by atoms with Crippen molar-refractivity contribution in [1.29, 1.82) is 0 Å². The van der Waals surface area contributed by atoms with Gasteiger partial charge in [-0.3, -0.25) is 0 Å². The van der Waals surface area contributed by atoms with Crippen molar-refractivity contribution in [2.75, 3.05) is 0 Å². The van der Waals surface area contributed by atoms with Crippen molar-refractivity contribution in [1.82, 2.24) is 0 Å². The number of benzene rings is 13. The average Bonchev–Trinajstić information content (AvgIpc) is 3.45. The minimum atomic E-state index is 1.21. The van der Waals surface area contributed by atoms with E-state index in [9.17, 15) is 0 Å². The monoisotopic (exact) mass is 900 g/mol. The molecule has 0 fully saturated rings. The smallest absolute Gasteiger partial charge is 0.00237 e. The fourth-order valence-electron chi connectivity index (χ4n) is 11.2. The Hall–Kier alpha value is -9.10. The first-order valence-corrected chi connectivity index (χ1v) is 24.7. The molecule has 71 heavy (non-hydrogen) atoms. The van der Waals surface area contributed by atoms with Crippen molar-refractivity contribution < 1.29 is 0 Å². The van der Waals surface area contributed by atoms with Gasteiger partial charge in [0.1, 0.15) is 0 Å². The maximum Gasteiger partial charge on any atom is -0.00237 e. The van der Waals surface area contributed by atoms with Crippen LogP contribution in [0.15, 0.2) is 273 Å². The molecule has 0 atom stereocenters. The Morgan fingerprint density at radius 1 is 0.169 bits per heavy atom. The molecule has 13 aromatic rings. The molecule has 332 valence electrons. The molecule has 0 aliphatic carbocycles. The predicted molar refractivity (Wildman–Crippen MR) is 305 cm³/mol. The summed E-state index contributed by atoms with van der Waals surface area (Å²) in [4.78, 5) is 0. The maximum absolute atomic E-state index is 2.44. The third kappa shape index (κ3) is 7.49. The second-order valence-corrected chi connectivity index (χ2v) is 18.8. The molecular weight excluding hydrogens is 853 g/mol. The van der Waals surface area contributed by atoms with Gasteiger partial charge in [0.2, 0.25) is 0 Å². The van der Waals surface area contributed by atoms with E-state index in [-0.39, 0.29) is 0 Å². The fourth-order valence-corrected chi connectivity index (χ4v) is 11.2. The highest BCUT2D eigenvalue weighted by molar-refractivity contribution is 6.24. The topological polar surface area (TPSA) is 0 Å². The summed E-state index contributed by atoms with van der Waals surface area (Å²) >= 11 is 0. The molecule has 0 radical (unpaired) electrons. The molecule has 0 aromatic heterocycles. The van der Waals surface area contributed by atoms with Crippen molar-refractivity contribution in [3.05, 3.63) is 279 Å². The van der Waals surface area contributed by atoms with E-state index in [0.717, 1.165) is 0 Å². The highest BCUT2D eigenvalue weighted by atomic mass is 14.2. The third-order valence-electron chi connectivity index (χ3n) is 14.6. The lowest BCUT2D eigenvalue weighted by Crippen LogP contribution is -1.95. The van der Waals surface area contributed by atoms with Gasteiger partial charge >= 0.3 is 0 Å². The highest BCUT2D eigenvalue weighted by Crippen LogP contribution is 2.49. The van der Waals surface area contributed by atoms with E-state index in [1.165, 1.54) is 138 Å². The SMILES string of the molecule is Cc1cc(-c2c3ccccc3c(-c3ccc(-c4ccccc4)cc3)c3cc(-c4ccccc4)ccc23)ccc1-c1c2ccccc2c(-c2ccc(-c3ccccc3)cc2)c2cc(-c3ccccc3)ccc12. The molecule has 0 aliphatic rings. The summed E-state index contributed by atoms with van der Waals surface area (Å²) in [6.07, 6.45) is 0. The molecule has 0 nitrogen and oxygen atoms in total. The average molecular weight is 901 g/mol. The molecule has 0 saturated heterocycles. The van der Waals surface area contributed by atoms with Crippen molar-refractivity contribution in [3.63, 3.8) is 0 Å². The Morgan fingerprint density at radius 2 is 0.437 bits per heavy atom. The third-order valence-corrected chi connectivity index (χ3v) is 14.6. The summed E-state index contributed by atoms with van der Waals surface area (Å²) in [5.41, 5.74) is 20.8. The molecular formula is C71H48. The van der Waals surface area contributed by atoms with Crippen LogP contribution in [0, 0.1) is 6.92 Å². The van der Waals surface area contributed by atoms with E-state index in [1.807, 2.05) is 0 Å². The van der Waals surface area contributed by atoms with Gasteiger partial charge in [0, 0.05) is 0 Å². The number of hydrogen-bond acceptors (Lipinski definition) is 0. The van der Waals surface area contributed by atoms with E-state index < -0.39 is 0 Å². The molecule has 0 heteroatoms. The number of aryl methyl sites for hydroxylation is 1. The van der Waals surface area contributed by atoms with Crippen molar-refractivity contribution >= 4 is 43.1 Å². The molecule has 13 rings (SSSR count). The van der Waals surface area contributed by atoms with Crippen LogP contribution in [0.4, 0.5) is 0 Å². The predicted octanol–water partition coefficient (Wildman–Crippen LogP) is 19.9. The lowest BCUT2D eigenvalue weighted by Gasteiger charge is -2.21. The zero-order chi connectivity index (χ0) is 47.3. The van der Waals surface area contributed by atoms with Crippen LogP contribution >= 0.6 is 0 Å². The van der Waals surface area contributed by atoms with Crippen LogP contribution in [0.3, 0.4) is 0 Å². The summed E-state index contributed by atoms with van der Waals surface area (Å²) < 4.78 is 0. The number of fused-ring (bicyclic) bond motifs is 4. The molecule has 0 heterocycles. The van der Waals surface area contributed by atoms with Gasteiger partial charge in [-0.15, -0.1) is 0 Å². The quantitative estimate of drug-likeness (QED) is 0.133. The summed E-state index contributed by atoms with van der Waals surface area (Å²) in [6, 6.07) is 101. The first kappa shape index (κ1) is 42.0. The van der Waals surface area contributed by atoms with Crippen molar-refractivity contribution in [2.24, 2.45) is 0 Å². The van der Waals surface area contributed by atoms with Gasteiger partial charge < -0.3 is 0 Å². The van der Waals surface area contributed by atoms with Crippen molar-refractivity contribution in [2.45, 2.75) is 6.92 Å². The molecule has 0 saturated carbocycles. The molecule has 0 amide bonds. The van der Waals surface area contributed by atoms with E-state index in [4.69, 9.17) is 0 Å². The van der Waals surface area contributed by atoms with Crippen LogP contribution in [0.25, 0.3) is 132 Å². The minimum absolute atomic E-state index is 1.21. The Balaban J connectivity index is 1.01. The second kappa shape index (κ2) is 17.8. The lowest BCUT2D eigenvalue weighted by molar-refractivity contribution is 1.47. The molecule has 0 bridgehead atoms. The van der Waals surface area contributed by atoms with Crippen LogP contribution in [0.2, 0.25) is 0 Å². The molecule has 13 aromatic carbocycles. The standard InChI is InChI=1S/C71H48/c1-47-44-58(70-61-27-15-14-26-60(61)68(54-34-30-52(31-35-54)48-18-6-2-7-19-48)66-45-56(38-42-64(66)70)50-22-10-4-11-23-50)40-41-59(47)71-63-29-17-16-28-62(63)69(55-36-32-53(33-37-55)49-20-8-3-9-21-49)67-46-57(39-43-65(67)71)51-24-12-5-13-25-51/h2-46H,1H3. The van der Waals surface area contributed by atoms with E-state index >= 15 is 0 Å². The normalized spacial score (nSPS) is 11.5. The van der Waals surface area contributed by atoms with Gasteiger partial charge in [-0.25, -0.2) is 0 Å². The van der Waals surface area contributed by atoms with Gasteiger partial charge in [0.05, 0.1) is 0 Å². The van der Waals surface area contributed by atoms with Crippen LogP contribution in [0.5, 0.6) is 0 Å². The largest absolute Gasteiger partial charge is 0.0622 e. The van der Waals surface area contributed by atoms with E-state index in [0.29, 0.717) is 0 Å². The Kier molecular flexibility index (Phi) is 10.5. The van der Waals surface area contributed by atoms with Gasteiger partial charge in [0.15, 0.2) is 0 Å². The summed E-state index contributed by atoms with van der Waals surface area (Å²) in [5.74, 6) is 0. The minimum Gasteiger partial charge on any atom is -0.0622 e. The Labute approximate surface area is 415 Å². The highest BCUT2D eigenvalue weighted by Gasteiger charge is 2.22. The first-order valence-electron chi connectivity index (χ1n) is 24.7. The van der Waals surface area contributed by atoms with Gasteiger partial charge in [0.25, 0.3) is 0 Å². The maximum atomic E-state index is 2.44. The summed E-state index contributed by atoms with van der Waals surface area (Å²) in [5, 5.41) is 9.95. The summed E-state index contributed by atoms with van der Waals surface area (Å²) in [6.45, 7) is 2.30. The van der Waals surface area contributed by atoms with Gasteiger partial charge in [-0.2, -0.15) is 0 Å². The van der Waals surface area contributed by atoms with Gasteiger partial charge in [-0.05, 0) is 157 Å². The second-order valence-electron chi connectivity index (χ2n) is 18.8. The Morgan fingerprint density at radius 3 is 0.831 bits per heavy atom. The van der Waals surface area contributed by atoms with Gasteiger partial charge in [-0.1, -0.05) is 261 Å². The van der Waals surface area contributed by atoms with Crippen LogP contribution in [-0.4, -0.2) is 0 Å². The zero-order valence-corrected chi connectivity index (χ0v) is 39.5. The number of rotatable bonds is 8. The van der Waals surface area contributed by atoms with Crippen molar-refractivity contribution in [3.8, 4) is 89.0 Å². The summed E-state index contributed by atoms with van der Waals surface area (Å²) in [7, 11) is 0. The van der Waals surface area contributed by atoms with E-state index in [2.05, 4.69) is 280 Å². The fraction of sp³-hybridized carbons (Fsp3) is 0.0141. The lowest BCUT2D eigenvalue weighted by atomic mass is 9.82.